The number of benzene rings is 1. The van der Waals surface area contributed by atoms with Crippen LogP contribution >= 0.6 is 0 Å². The first kappa shape index (κ1) is 10.2. The predicted octanol–water partition coefficient (Wildman–Crippen LogP) is 1.79. The first-order valence-corrected chi connectivity index (χ1v) is 5.67. The summed E-state index contributed by atoms with van der Waals surface area (Å²) in [5.74, 6) is 0. The number of hydrogen-bond donors (Lipinski definition) is 2. The van der Waals surface area contributed by atoms with Crippen molar-refractivity contribution in [3.05, 3.63) is 66.1 Å². The SMILES string of the molecule is OCc1cccc(C2=CN3C=CNC3C=C2)c1. The second-order valence-corrected chi connectivity index (χ2v) is 4.18. The van der Waals surface area contributed by atoms with Crippen molar-refractivity contribution in [3.8, 4) is 0 Å². The molecule has 2 N–H and O–H groups in total. The molecule has 0 saturated carbocycles. The minimum atomic E-state index is 0.0820. The van der Waals surface area contributed by atoms with Gasteiger partial charge in [-0.25, -0.2) is 0 Å². The summed E-state index contributed by atoms with van der Waals surface area (Å²) < 4.78 is 0. The van der Waals surface area contributed by atoms with Gasteiger partial charge < -0.3 is 15.3 Å². The Balaban J connectivity index is 1.93. The number of aliphatic hydroxyl groups is 1. The lowest BCUT2D eigenvalue weighted by molar-refractivity contribution is 0.282. The molecule has 86 valence electrons. The van der Waals surface area contributed by atoms with Gasteiger partial charge in [-0.1, -0.05) is 24.3 Å². The molecule has 0 saturated heterocycles. The van der Waals surface area contributed by atoms with Crippen LogP contribution in [-0.4, -0.2) is 16.2 Å². The number of hydrogen-bond acceptors (Lipinski definition) is 3. The number of allylic oxidation sites excluding steroid dienone is 2. The van der Waals surface area contributed by atoms with Crippen molar-refractivity contribution >= 4 is 5.57 Å². The number of fused-ring (bicyclic) bond motifs is 1. The summed E-state index contributed by atoms with van der Waals surface area (Å²) in [5.41, 5.74) is 3.23. The lowest BCUT2D eigenvalue weighted by Gasteiger charge is -2.24. The summed E-state index contributed by atoms with van der Waals surface area (Å²) >= 11 is 0. The predicted molar refractivity (Wildman–Crippen MR) is 67.4 cm³/mol. The molecule has 0 amide bonds. The van der Waals surface area contributed by atoms with Gasteiger partial charge in [0.25, 0.3) is 0 Å². The normalized spacial score (nSPS) is 21.1. The standard InChI is InChI=1S/C14H14N2O/c17-10-11-2-1-3-12(8-11)13-4-5-14-15-6-7-16(14)9-13/h1-9,14-15,17H,10H2. The van der Waals surface area contributed by atoms with Gasteiger partial charge in [0.1, 0.15) is 6.17 Å². The Morgan fingerprint density at radius 1 is 1.35 bits per heavy atom. The van der Waals surface area contributed by atoms with Gasteiger partial charge in [0, 0.05) is 18.6 Å². The number of nitrogens with zero attached hydrogens (tertiary/aromatic N) is 1. The molecule has 2 aliphatic rings. The van der Waals surface area contributed by atoms with Crippen LogP contribution in [0, 0.1) is 0 Å². The third kappa shape index (κ3) is 1.85. The molecule has 1 aromatic rings. The van der Waals surface area contributed by atoms with Crippen LogP contribution in [0.25, 0.3) is 5.57 Å². The second kappa shape index (κ2) is 4.11. The van der Waals surface area contributed by atoms with Crippen LogP contribution in [-0.2, 0) is 6.61 Å². The largest absolute Gasteiger partial charge is 0.392 e. The highest BCUT2D eigenvalue weighted by molar-refractivity contribution is 5.75. The van der Waals surface area contributed by atoms with Crippen molar-refractivity contribution in [3.63, 3.8) is 0 Å². The van der Waals surface area contributed by atoms with Gasteiger partial charge in [0.15, 0.2) is 0 Å². The highest BCUT2D eigenvalue weighted by atomic mass is 16.3. The molecule has 1 atom stereocenters. The van der Waals surface area contributed by atoms with Gasteiger partial charge in [0.2, 0.25) is 0 Å². The second-order valence-electron chi connectivity index (χ2n) is 4.18. The van der Waals surface area contributed by atoms with E-state index in [0.717, 1.165) is 16.7 Å². The smallest absolute Gasteiger partial charge is 0.122 e. The monoisotopic (exact) mass is 226 g/mol. The molecule has 0 spiro atoms. The highest BCUT2D eigenvalue weighted by Crippen LogP contribution is 2.24. The maximum absolute atomic E-state index is 9.14. The molecule has 17 heavy (non-hydrogen) atoms. The Hall–Kier alpha value is -2.00. The van der Waals surface area contributed by atoms with Crippen molar-refractivity contribution in [1.82, 2.24) is 10.2 Å². The van der Waals surface area contributed by atoms with Crippen molar-refractivity contribution < 1.29 is 5.11 Å². The van der Waals surface area contributed by atoms with Crippen molar-refractivity contribution in [2.24, 2.45) is 0 Å². The maximum Gasteiger partial charge on any atom is 0.122 e. The minimum Gasteiger partial charge on any atom is -0.392 e. The van der Waals surface area contributed by atoms with Crippen LogP contribution in [0.5, 0.6) is 0 Å². The summed E-state index contributed by atoms with van der Waals surface area (Å²) in [6, 6.07) is 7.98. The third-order valence-corrected chi connectivity index (χ3v) is 3.02. The molecule has 1 unspecified atom stereocenters. The molecule has 2 aliphatic heterocycles. The molecule has 3 rings (SSSR count). The molecule has 0 radical (unpaired) electrons. The fourth-order valence-electron chi connectivity index (χ4n) is 2.10. The maximum atomic E-state index is 9.14. The summed E-state index contributed by atoms with van der Waals surface area (Å²) in [6.45, 7) is 0.0820. The van der Waals surface area contributed by atoms with Crippen molar-refractivity contribution in [2.75, 3.05) is 0 Å². The van der Waals surface area contributed by atoms with Gasteiger partial charge in [-0.15, -0.1) is 0 Å². The number of nitrogens with one attached hydrogen (secondary N) is 1. The fourth-order valence-corrected chi connectivity index (χ4v) is 2.10. The van der Waals surface area contributed by atoms with Gasteiger partial charge in [-0.3, -0.25) is 0 Å². The van der Waals surface area contributed by atoms with E-state index in [1.54, 1.807) is 0 Å². The molecule has 3 heteroatoms. The molecule has 2 heterocycles. The summed E-state index contributed by atoms with van der Waals surface area (Å²) in [5, 5.41) is 12.4. The van der Waals surface area contributed by atoms with E-state index >= 15 is 0 Å². The van der Waals surface area contributed by atoms with E-state index in [9.17, 15) is 0 Å². The number of rotatable bonds is 2. The molecular weight excluding hydrogens is 212 g/mol. The van der Waals surface area contributed by atoms with E-state index in [-0.39, 0.29) is 12.8 Å². The Morgan fingerprint density at radius 2 is 2.29 bits per heavy atom. The Labute approximate surface area is 100 Å². The zero-order valence-electron chi connectivity index (χ0n) is 9.38. The Bertz CT molecular complexity index is 517. The number of aliphatic hydroxyl groups excluding tert-OH is 1. The zero-order valence-corrected chi connectivity index (χ0v) is 9.38. The van der Waals surface area contributed by atoms with E-state index in [2.05, 4.69) is 34.6 Å². The van der Waals surface area contributed by atoms with Gasteiger partial charge in [-0.05, 0) is 28.8 Å². The van der Waals surface area contributed by atoms with Gasteiger partial charge >= 0.3 is 0 Å². The van der Waals surface area contributed by atoms with Crippen molar-refractivity contribution in [2.45, 2.75) is 12.8 Å². The quantitative estimate of drug-likeness (QED) is 0.807. The Morgan fingerprint density at radius 3 is 3.18 bits per heavy atom. The van der Waals surface area contributed by atoms with E-state index in [1.807, 2.05) is 30.6 Å². The molecule has 0 bridgehead atoms. The van der Waals surface area contributed by atoms with Crippen LogP contribution < -0.4 is 5.32 Å². The van der Waals surface area contributed by atoms with Crippen LogP contribution in [0.15, 0.2) is 55.0 Å². The molecule has 3 nitrogen and oxygen atoms in total. The van der Waals surface area contributed by atoms with E-state index in [1.165, 1.54) is 0 Å². The zero-order chi connectivity index (χ0) is 11.7. The molecule has 0 aliphatic carbocycles. The lowest BCUT2D eigenvalue weighted by atomic mass is 10.0. The van der Waals surface area contributed by atoms with Crippen LogP contribution in [0.3, 0.4) is 0 Å². The van der Waals surface area contributed by atoms with Crippen molar-refractivity contribution in [1.29, 1.82) is 0 Å². The molecule has 0 fully saturated rings. The third-order valence-electron chi connectivity index (χ3n) is 3.02. The van der Waals surface area contributed by atoms with E-state index in [4.69, 9.17) is 5.11 Å². The molecule has 1 aromatic carbocycles. The minimum absolute atomic E-state index is 0.0820. The van der Waals surface area contributed by atoms with Gasteiger partial charge in [-0.2, -0.15) is 0 Å². The molecular formula is C14H14N2O. The topological polar surface area (TPSA) is 35.5 Å². The van der Waals surface area contributed by atoms with Crippen LogP contribution in [0.1, 0.15) is 11.1 Å². The van der Waals surface area contributed by atoms with E-state index < -0.39 is 0 Å². The first-order valence-electron chi connectivity index (χ1n) is 5.67. The Kier molecular flexibility index (Phi) is 2.46. The van der Waals surface area contributed by atoms with Crippen LogP contribution in [0.2, 0.25) is 0 Å². The summed E-state index contributed by atoms with van der Waals surface area (Å²) in [4.78, 5) is 2.13. The molecule has 0 aromatic heterocycles. The van der Waals surface area contributed by atoms with Crippen LogP contribution in [0.4, 0.5) is 0 Å². The highest BCUT2D eigenvalue weighted by Gasteiger charge is 2.17. The summed E-state index contributed by atoms with van der Waals surface area (Å²) in [6.07, 6.45) is 10.6. The first-order chi connectivity index (χ1) is 8.36. The lowest BCUT2D eigenvalue weighted by Crippen LogP contribution is -2.31. The average Bonchev–Trinajstić information content (AvgIpc) is 2.86. The van der Waals surface area contributed by atoms with Gasteiger partial charge in [0.05, 0.1) is 6.61 Å². The average molecular weight is 226 g/mol. The van der Waals surface area contributed by atoms with E-state index in [0.29, 0.717) is 0 Å². The summed E-state index contributed by atoms with van der Waals surface area (Å²) in [7, 11) is 0. The fraction of sp³-hybridized carbons (Fsp3) is 0.143.